The van der Waals surface area contributed by atoms with Gasteiger partial charge < -0.3 is 4.57 Å². The van der Waals surface area contributed by atoms with Gasteiger partial charge in [0.05, 0.1) is 21.1 Å². The van der Waals surface area contributed by atoms with E-state index in [4.69, 9.17) is 34.8 Å². The first-order valence-corrected chi connectivity index (χ1v) is 9.21. The van der Waals surface area contributed by atoms with Crippen molar-refractivity contribution in [1.29, 1.82) is 0 Å². The van der Waals surface area contributed by atoms with Crippen molar-refractivity contribution in [2.75, 3.05) is 17.9 Å². The summed E-state index contributed by atoms with van der Waals surface area (Å²) in [6.07, 6.45) is 3.91. The topological polar surface area (TPSA) is 17.8 Å². The Balaban J connectivity index is 2.63. The van der Waals surface area contributed by atoms with Crippen LogP contribution >= 0.6 is 46.6 Å². The fourth-order valence-electron chi connectivity index (χ4n) is 2.38. The van der Waals surface area contributed by atoms with Crippen LogP contribution in [0.5, 0.6) is 0 Å². The van der Waals surface area contributed by atoms with Crippen molar-refractivity contribution in [2.24, 2.45) is 0 Å². The van der Waals surface area contributed by atoms with E-state index < -0.39 is 0 Å². The van der Waals surface area contributed by atoms with Crippen LogP contribution in [0.4, 0.5) is 0 Å². The lowest BCUT2D eigenvalue weighted by molar-refractivity contribution is 0.533. The van der Waals surface area contributed by atoms with Crippen LogP contribution in [0.2, 0.25) is 10.0 Å². The molecule has 1 heterocycles. The Morgan fingerprint density at radius 2 is 2.00 bits per heavy atom. The van der Waals surface area contributed by atoms with Crippen molar-refractivity contribution in [3.05, 3.63) is 28.0 Å². The van der Waals surface area contributed by atoms with E-state index in [1.54, 1.807) is 0 Å². The average Bonchev–Trinajstić information content (AvgIpc) is 2.74. The molecule has 2 nitrogen and oxygen atoms in total. The first kappa shape index (κ1) is 16.3. The van der Waals surface area contributed by atoms with Crippen LogP contribution in [0.3, 0.4) is 0 Å². The van der Waals surface area contributed by atoms with Gasteiger partial charge in [0.15, 0.2) is 0 Å². The van der Waals surface area contributed by atoms with Crippen molar-refractivity contribution in [3.8, 4) is 0 Å². The van der Waals surface area contributed by atoms with Crippen LogP contribution in [-0.4, -0.2) is 27.4 Å². The molecule has 110 valence electrons. The summed E-state index contributed by atoms with van der Waals surface area (Å²) in [6.45, 7) is 2.19. The molecule has 0 aliphatic carbocycles. The number of fused-ring (bicyclic) bond motifs is 1. The highest BCUT2D eigenvalue weighted by Crippen LogP contribution is 2.32. The van der Waals surface area contributed by atoms with Crippen molar-refractivity contribution < 1.29 is 0 Å². The monoisotopic (exact) mass is 350 g/mol. The SMILES string of the molecule is CCC(CSC)n1c(CCCl)nc2cc(Cl)c(Cl)cc21. The molecule has 0 bridgehead atoms. The molecule has 0 saturated heterocycles. The molecule has 1 atom stereocenters. The van der Waals surface area contributed by atoms with Gasteiger partial charge in [0.25, 0.3) is 0 Å². The van der Waals surface area contributed by atoms with Crippen LogP contribution in [0.25, 0.3) is 11.0 Å². The summed E-state index contributed by atoms with van der Waals surface area (Å²) in [5.41, 5.74) is 1.93. The van der Waals surface area contributed by atoms with Crippen molar-refractivity contribution in [3.63, 3.8) is 0 Å². The summed E-state index contributed by atoms with van der Waals surface area (Å²) in [6, 6.07) is 4.14. The van der Waals surface area contributed by atoms with Crippen LogP contribution in [0.1, 0.15) is 25.2 Å². The normalized spacial score (nSPS) is 13.1. The fraction of sp³-hybridized carbons (Fsp3) is 0.500. The van der Waals surface area contributed by atoms with Gasteiger partial charge in [-0.1, -0.05) is 30.1 Å². The van der Waals surface area contributed by atoms with E-state index in [0.717, 1.165) is 35.5 Å². The lowest BCUT2D eigenvalue weighted by Crippen LogP contribution is -2.14. The van der Waals surface area contributed by atoms with E-state index in [1.807, 2.05) is 23.9 Å². The molecule has 2 rings (SSSR count). The zero-order valence-electron chi connectivity index (χ0n) is 11.5. The van der Waals surface area contributed by atoms with E-state index in [0.29, 0.717) is 22.0 Å². The molecule has 0 fully saturated rings. The van der Waals surface area contributed by atoms with Crippen LogP contribution in [-0.2, 0) is 6.42 Å². The molecule has 0 amide bonds. The van der Waals surface area contributed by atoms with Gasteiger partial charge in [0, 0.05) is 24.1 Å². The third kappa shape index (κ3) is 3.22. The summed E-state index contributed by atoms with van der Waals surface area (Å²) in [7, 11) is 0. The predicted molar refractivity (Wildman–Crippen MR) is 91.9 cm³/mol. The van der Waals surface area contributed by atoms with Crippen LogP contribution < -0.4 is 0 Å². The Morgan fingerprint density at radius 3 is 2.60 bits per heavy atom. The molecule has 0 spiro atoms. The molecule has 1 unspecified atom stereocenters. The zero-order chi connectivity index (χ0) is 14.7. The highest BCUT2D eigenvalue weighted by Gasteiger charge is 2.18. The summed E-state index contributed by atoms with van der Waals surface area (Å²) in [4.78, 5) is 4.68. The Hall–Kier alpha value is -0.0900. The Labute approximate surface area is 138 Å². The van der Waals surface area contributed by atoms with Gasteiger partial charge in [-0.2, -0.15) is 11.8 Å². The second kappa shape index (κ2) is 7.26. The largest absolute Gasteiger partial charge is 0.324 e. The highest BCUT2D eigenvalue weighted by atomic mass is 35.5. The van der Waals surface area contributed by atoms with E-state index in [2.05, 4.69) is 22.7 Å². The number of aromatic nitrogens is 2. The summed E-state index contributed by atoms with van der Waals surface area (Å²) in [5, 5.41) is 1.11. The van der Waals surface area contributed by atoms with Crippen molar-refractivity contribution >= 4 is 57.6 Å². The van der Waals surface area contributed by atoms with Gasteiger partial charge in [-0.3, -0.25) is 0 Å². The fourth-order valence-corrected chi connectivity index (χ4v) is 3.63. The van der Waals surface area contributed by atoms with E-state index in [-0.39, 0.29) is 0 Å². The third-order valence-corrected chi connectivity index (χ3v) is 4.95. The summed E-state index contributed by atoms with van der Waals surface area (Å²) >= 11 is 20.0. The minimum atomic E-state index is 0.394. The number of thioether (sulfide) groups is 1. The molecule has 20 heavy (non-hydrogen) atoms. The minimum absolute atomic E-state index is 0.394. The zero-order valence-corrected chi connectivity index (χ0v) is 14.6. The molecular formula is C14H17Cl3N2S. The van der Waals surface area contributed by atoms with Gasteiger partial charge in [-0.05, 0) is 24.8 Å². The second-order valence-corrected chi connectivity index (χ2v) is 6.71. The summed E-state index contributed by atoms with van der Waals surface area (Å²) < 4.78 is 2.27. The number of imidazole rings is 1. The maximum atomic E-state index is 6.17. The smallest absolute Gasteiger partial charge is 0.111 e. The second-order valence-electron chi connectivity index (χ2n) is 4.61. The number of hydrogen-bond donors (Lipinski definition) is 0. The highest BCUT2D eigenvalue weighted by molar-refractivity contribution is 7.98. The molecule has 0 radical (unpaired) electrons. The molecule has 1 aromatic heterocycles. The molecule has 6 heteroatoms. The maximum absolute atomic E-state index is 6.17. The molecule has 2 aromatic rings. The average molecular weight is 352 g/mol. The standard InChI is InChI=1S/C14H17Cl3N2S/c1-3-9(8-20-2)19-13-7-11(17)10(16)6-12(13)18-14(19)4-5-15/h6-7,9H,3-5,8H2,1-2H3. The molecule has 0 aliphatic heterocycles. The third-order valence-electron chi connectivity index (χ3n) is 3.32. The van der Waals surface area contributed by atoms with Gasteiger partial charge in [-0.25, -0.2) is 4.98 Å². The van der Waals surface area contributed by atoms with Crippen LogP contribution in [0, 0.1) is 0 Å². The maximum Gasteiger partial charge on any atom is 0.111 e. The van der Waals surface area contributed by atoms with Gasteiger partial charge >= 0.3 is 0 Å². The Bertz CT molecular complexity index is 598. The lowest BCUT2D eigenvalue weighted by atomic mass is 10.2. The number of halogens is 3. The van der Waals surface area contributed by atoms with E-state index >= 15 is 0 Å². The molecule has 0 saturated carbocycles. The van der Waals surface area contributed by atoms with Crippen LogP contribution in [0.15, 0.2) is 12.1 Å². The predicted octanol–water partition coefficient (Wildman–Crippen LogP) is 5.44. The number of rotatable bonds is 6. The molecular weight excluding hydrogens is 335 g/mol. The number of aryl methyl sites for hydroxylation is 1. The lowest BCUT2D eigenvalue weighted by Gasteiger charge is -2.19. The van der Waals surface area contributed by atoms with Gasteiger partial charge in [0.1, 0.15) is 5.82 Å². The molecule has 0 aliphatic rings. The summed E-state index contributed by atoms with van der Waals surface area (Å²) in [5.74, 6) is 2.60. The number of nitrogens with zero attached hydrogens (tertiary/aromatic N) is 2. The minimum Gasteiger partial charge on any atom is -0.324 e. The number of alkyl halides is 1. The first-order chi connectivity index (χ1) is 9.62. The molecule has 1 aromatic carbocycles. The van der Waals surface area contributed by atoms with Gasteiger partial charge in [0.2, 0.25) is 0 Å². The van der Waals surface area contributed by atoms with E-state index in [1.165, 1.54) is 0 Å². The van der Waals surface area contributed by atoms with Crippen molar-refractivity contribution in [2.45, 2.75) is 25.8 Å². The van der Waals surface area contributed by atoms with Crippen molar-refractivity contribution in [1.82, 2.24) is 9.55 Å². The Kier molecular flexibility index (Phi) is 5.91. The van der Waals surface area contributed by atoms with Gasteiger partial charge in [-0.15, -0.1) is 11.6 Å². The molecule has 0 N–H and O–H groups in total. The number of hydrogen-bond acceptors (Lipinski definition) is 2. The quantitative estimate of drug-likeness (QED) is 0.645. The Morgan fingerprint density at radius 1 is 1.30 bits per heavy atom. The first-order valence-electron chi connectivity index (χ1n) is 6.53. The number of benzene rings is 1. The van der Waals surface area contributed by atoms with E-state index in [9.17, 15) is 0 Å².